The first-order chi connectivity index (χ1) is 26.3. The van der Waals surface area contributed by atoms with Gasteiger partial charge in [-0.05, 0) is 110 Å². The molecular weight excluding hydrogens is 671 g/mol. The molecule has 0 aliphatic heterocycles. The van der Waals surface area contributed by atoms with Gasteiger partial charge < -0.3 is 4.90 Å². The molecule has 2 aliphatic carbocycles. The lowest BCUT2D eigenvalue weighted by Gasteiger charge is -2.30. The number of hydrogen-bond acceptors (Lipinski definition) is 2. The molecule has 1 heterocycles. The zero-order valence-electron chi connectivity index (χ0n) is 30.9. The van der Waals surface area contributed by atoms with E-state index >= 15 is 0 Å². The van der Waals surface area contributed by atoms with E-state index in [2.05, 4.69) is 196 Å². The maximum Gasteiger partial charge on any atom is 0.0465 e. The van der Waals surface area contributed by atoms with E-state index in [0.29, 0.717) is 0 Å². The number of fused-ring (bicyclic) bond motifs is 11. The Morgan fingerprint density at radius 3 is 1.56 bits per heavy atom. The van der Waals surface area contributed by atoms with Gasteiger partial charge in [-0.3, -0.25) is 0 Å². The van der Waals surface area contributed by atoms with Crippen LogP contribution in [0.15, 0.2) is 164 Å². The average Bonchev–Trinajstić information content (AvgIpc) is 3.78. The molecule has 0 fully saturated rings. The predicted molar refractivity (Wildman–Crippen MR) is 232 cm³/mol. The lowest BCUT2D eigenvalue weighted by molar-refractivity contribution is 0.660. The molecule has 1 nitrogen and oxygen atoms in total. The highest BCUT2D eigenvalue weighted by atomic mass is 32.1. The summed E-state index contributed by atoms with van der Waals surface area (Å²) >= 11 is 1.90. The van der Waals surface area contributed by atoms with E-state index in [9.17, 15) is 0 Å². The van der Waals surface area contributed by atoms with Crippen LogP contribution in [0, 0.1) is 0 Å². The molecule has 54 heavy (non-hydrogen) atoms. The van der Waals surface area contributed by atoms with Gasteiger partial charge in [-0.25, -0.2) is 0 Å². The van der Waals surface area contributed by atoms with Crippen LogP contribution in [0.5, 0.6) is 0 Å². The molecule has 0 radical (unpaired) electrons. The standard InChI is InChI=1S/C52H39NS/c1-51(2)45-14-8-5-11-38(45)40-27-24-36(30-47(40)51)53(37-25-28-41-39-12-6-9-15-46(39)52(3,4)48(41)31-37)35-22-19-32(20-23-35)34-18-17-33-21-26-43-42-13-7-10-16-49(42)54-50(43)44(33)29-34/h5-31H,1-4H3. The fourth-order valence-electron chi connectivity index (χ4n) is 9.59. The fourth-order valence-corrected chi connectivity index (χ4v) is 10.8. The number of rotatable bonds is 4. The second kappa shape index (κ2) is 11.3. The molecule has 1 aromatic heterocycles. The Morgan fingerprint density at radius 2 is 0.907 bits per heavy atom. The SMILES string of the molecule is CC1(C)c2ccccc2-c2ccc(N(c3ccc(-c4ccc5ccc6c7ccccc7sc6c5c4)cc3)c3ccc4c(c3)C(C)(C)c3ccccc3-4)cc21. The van der Waals surface area contributed by atoms with E-state index in [0.717, 1.165) is 5.69 Å². The van der Waals surface area contributed by atoms with Crippen molar-refractivity contribution >= 4 is 59.3 Å². The molecule has 9 aromatic rings. The van der Waals surface area contributed by atoms with E-state index in [1.807, 2.05) is 11.3 Å². The first-order valence-corrected chi connectivity index (χ1v) is 19.8. The van der Waals surface area contributed by atoms with Crippen LogP contribution in [0.1, 0.15) is 49.9 Å². The summed E-state index contributed by atoms with van der Waals surface area (Å²) in [4.78, 5) is 2.46. The molecule has 0 bridgehead atoms. The van der Waals surface area contributed by atoms with Gasteiger partial charge in [-0.2, -0.15) is 0 Å². The van der Waals surface area contributed by atoms with Crippen LogP contribution in [-0.4, -0.2) is 0 Å². The molecule has 0 unspecified atom stereocenters. The summed E-state index contributed by atoms with van der Waals surface area (Å²) in [6.45, 7) is 9.47. The summed E-state index contributed by atoms with van der Waals surface area (Å²) in [6, 6.07) is 61.5. The maximum absolute atomic E-state index is 2.46. The van der Waals surface area contributed by atoms with Crippen LogP contribution in [0.25, 0.3) is 64.3 Å². The van der Waals surface area contributed by atoms with Crippen LogP contribution in [0.4, 0.5) is 17.1 Å². The minimum Gasteiger partial charge on any atom is -0.310 e. The van der Waals surface area contributed by atoms with E-state index < -0.39 is 0 Å². The Balaban J connectivity index is 1.05. The molecule has 0 saturated carbocycles. The summed E-state index contributed by atoms with van der Waals surface area (Å²) in [5.41, 5.74) is 16.7. The van der Waals surface area contributed by atoms with Crippen LogP contribution in [0.3, 0.4) is 0 Å². The van der Waals surface area contributed by atoms with Crippen molar-refractivity contribution < 1.29 is 0 Å². The second-order valence-corrected chi connectivity index (χ2v) is 17.2. The number of anilines is 3. The van der Waals surface area contributed by atoms with Gasteiger partial charge in [0.15, 0.2) is 0 Å². The van der Waals surface area contributed by atoms with Crippen molar-refractivity contribution in [2.24, 2.45) is 0 Å². The summed E-state index contributed by atoms with van der Waals surface area (Å²) in [5, 5.41) is 5.28. The topological polar surface area (TPSA) is 3.24 Å². The fraction of sp³-hybridized carbons (Fsp3) is 0.115. The molecule has 0 N–H and O–H groups in total. The van der Waals surface area contributed by atoms with Gasteiger partial charge in [0.25, 0.3) is 0 Å². The van der Waals surface area contributed by atoms with Gasteiger partial charge in [-0.1, -0.05) is 143 Å². The molecule has 11 rings (SSSR count). The normalized spacial score (nSPS) is 14.6. The van der Waals surface area contributed by atoms with E-state index in [1.54, 1.807) is 0 Å². The minimum atomic E-state index is -0.0883. The van der Waals surface area contributed by atoms with Crippen LogP contribution >= 0.6 is 11.3 Å². The molecule has 258 valence electrons. The van der Waals surface area contributed by atoms with Gasteiger partial charge >= 0.3 is 0 Å². The van der Waals surface area contributed by atoms with Gasteiger partial charge in [0.2, 0.25) is 0 Å². The Bertz CT molecular complexity index is 2890. The predicted octanol–water partition coefficient (Wildman–Crippen LogP) is 15.0. The average molecular weight is 710 g/mol. The van der Waals surface area contributed by atoms with Gasteiger partial charge in [-0.15, -0.1) is 11.3 Å². The van der Waals surface area contributed by atoms with Crippen LogP contribution in [-0.2, 0) is 10.8 Å². The van der Waals surface area contributed by atoms with Crippen molar-refractivity contribution in [1.29, 1.82) is 0 Å². The van der Waals surface area contributed by atoms with Crippen LogP contribution < -0.4 is 4.90 Å². The molecule has 0 amide bonds. The van der Waals surface area contributed by atoms with Gasteiger partial charge in [0.1, 0.15) is 0 Å². The Kier molecular flexibility index (Phi) is 6.59. The van der Waals surface area contributed by atoms with Crippen molar-refractivity contribution in [2.75, 3.05) is 4.90 Å². The number of thiophene rings is 1. The van der Waals surface area contributed by atoms with Crippen molar-refractivity contribution in [3.05, 3.63) is 186 Å². The zero-order valence-corrected chi connectivity index (χ0v) is 31.8. The molecule has 0 saturated heterocycles. The third-order valence-electron chi connectivity index (χ3n) is 12.5. The largest absolute Gasteiger partial charge is 0.310 e. The Hall–Kier alpha value is -5.96. The Morgan fingerprint density at radius 1 is 0.389 bits per heavy atom. The van der Waals surface area contributed by atoms with E-state index in [4.69, 9.17) is 0 Å². The molecule has 8 aromatic carbocycles. The number of hydrogen-bond donors (Lipinski definition) is 0. The van der Waals surface area contributed by atoms with E-state index in [1.165, 1.54) is 98.0 Å². The van der Waals surface area contributed by atoms with E-state index in [-0.39, 0.29) is 10.8 Å². The summed E-state index contributed by atoms with van der Waals surface area (Å²) in [7, 11) is 0. The summed E-state index contributed by atoms with van der Waals surface area (Å²) in [6.07, 6.45) is 0. The third-order valence-corrected chi connectivity index (χ3v) is 13.7. The third kappa shape index (κ3) is 4.44. The lowest BCUT2D eigenvalue weighted by Crippen LogP contribution is -2.18. The highest BCUT2D eigenvalue weighted by molar-refractivity contribution is 7.26. The van der Waals surface area contributed by atoms with Crippen molar-refractivity contribution in [1.82, 2.24) is 0 Å². The molecule has 2 heteroatoms. The molecule has 2 aliphatic rings. The monoisotopic (exact) mass is 709 g/mol. The lowest BCUT2D eigenvalue weighted by atomic mass is 9.82. The first kappa shape index (κ1) is 31.6. The Labute approximate surface area is 320 Å². The van der Waals surface area contributed by atoms with Crippen molar-refractivity contribution in [3.63, 3.8) is 0 Å². The minimum absolute atomic E-state index is 0.0883. The van der Waals surface area contributed by atoms with Crippen molar-refractivity contribution in [2.45, 2.75) is 38.5 Å². The molecule has 0 spiro atoms. The van der Waals surface area contributed by atoms with Crippen molar-refractivity contribution in [3.8, 4) is 33.4 Å². The zero-order chi connectivity index (χ0) is 36.3. The number of benzene rings is 8. The van der Waals surface area contributed by atoms with Gasteiger partial charge in [0, 0.05) is 53.5 Å². The highest BCUT2D eigenvalue weighted by Gasteiger charge is 2.37. The first-order valence-electron chi connectivity index (χ1n) is 19.0. The maximum atomic E-state index is 2.46. The quantitative estimate of drug-likeness (QED) is 0.176. The second-order valence-electron chi connectivity index (χ2n) is 16.2. The highest BCUT2D eigenvalue weighted by Crippen LogP contribution is 2.53. The molecule has 0 atom stereocenters. The smallest absolute Gasteiger partial charge is 0.0465 e. The van der Waals surface area contributed by atoms with Gasteiger partial charge in [0.05, 0.1) is 0 Å². The summed E-state index contributed by atoms with van der Waals surface area (Å²) in [5.74, 6) is 0. The number of nitrogens with zero attached hydrogens (tertiary/aromatic N) is 1. The van der Waals surface area contributed by atoms with Crippen LogP contribution in [0.2, 0.25) is 0 Å². The summed E-state index contributed by atoms with van der Waals surface area (Å²) < 4.78 is 2.70. The molecular formula is C52H39NS.